The van der Waals surface area contributed by atoms with E-state index in [0.717, 1.165) is 24.0 Å². The van der Waals surface area contributed by atoms with E-state index in [1.165, 1.54) is 4.31 Å². The predicted molar refractivity (Wildman–Crippen MR) is 95.3 cm³/mol. The van der Waals surface area contributed by atoms with Crippen LogP contribution in [0.25, 0.3) is 0 Å². The van der Waals surface area contributed by atoms with E-state index in [1.54, 1.807) is 6.07 Å². The van der Waals surface area contributed by atoms with E-state index in [9.17, 15) is 13.2 Å². The summed E-state index contributed by atoms with van der Waals surface area (Å²) in [6.45, 7) is 8.41. The molecule has 0 radical (unpaired) electrons. The lowest BCUT2D eigenvalue weighted by Gasteiger charge is -2.32. The van der Waals surface area contributed by atoms with Crippen molar-refractivity contribution in [3.63, 3.8) is 0 Å². The Hall–Kier alpha value is -1.40. The van der Waals surface area contributed by atoms with Crippen molar-refractivity contribution >= 4 is 15.9 Å². The number of amides is 1. The van der Waals surface area contributed by atoms with Crippen molar-refractivity contribution in [2.75, 3.05) is 13.1 Å². The lowest BCUT2D eigenvalue weighted by atomic mass is 9.98. The molecule has 5 nitrogen and oxygen atoms in total. The van der Waals surface area contributed by atoms with Gasteiger partial charge in [-0.15, -0.1) is 0 Å². The van der Waals surface area contributed by atoms with Gasteiger partial charge in [-0.1, -0.05) is 19.1 Å². The second kappa shape index (κ2) is 7.66. The molecule has 1 fully saturated rings. The molecule has 6 heteroatoms. The number of hydrogen-bond donors (Lipinski definition) is 1. The predicted octanol–water partition coefficient (Wildman–Crippen LogP) is 2.62. The first-order chi connectivity index (χ1) is 11.3. The highest BCUT2D eigenvalue weighted by atomic mass is 32.2. The minimum absolute atomic E-state index is 0.0368. The maximum Gasteiger partial charge on any atom is 0.243 e. The highest BCUT2D eigenvalue weighted by Gasteiger charge is 2.34. The maximum atomic E-state index is 13.0. The molecule has 0 unspecified atom stereocenters. The minimum atomic E-state index is -3.56. The quantitative estimate of drug-likeness (QED) is 0.886. The second-order valence-electron chi connectivity index (χ2n) is 6.79. The first-order valence-electron chi connectivity index (χ1n) is 8.63. The number of hydrogen-bond acceptors (Lipinski definition) is 3. The van der Waals surface area contributed by atoms with Gasteiger partial charge in [0.05, 0.1) is 10.8 Å². The number of aryl methyl sites for hydroxylation is 2. The van der Waals surface area contributed by atoms with Crippen LogP contribution in [0.2, 0.25) is 0 Å². The molecule has 0 bridgehead atoms. The first-order valence-corrected chi connectivity index (χ1v) is 10.1. The van der Waals surface area contributed by atoms with Gasteiger partial charge in [-0.05, 0) is 57.2 Å². The molecule has 1 aromatic rings. The van der Waals surface area contributed by atoms with Crippen LogP contribution in [0.4, 0.5) is 0 Å². The van der Waals surface area contributed by atoms with Gasteiger partial charge >= 0.3 is 0 Å². The average molecular weight is 353 g/mol. The summed E-state index contributed by atoms with van der Waals surface area (Å²) in [7, 11) is -3.56. The van der Waals surface area contributed by atoms with Crippen molar-refractivity contribution in [1.29, 1.82) is 0 Å². The van der Waals surface area contributed by atoms with Gasteiger partial charge < -0.3 is 5.32 Å². The number of carbonyl (C=O) groups excluding carboxylic acids is 1. The van der Waals surface area contributed by atoms with Gasteiger partial charge in [0.15, 0.2) is 0 Å². The van der Waals surface area contributed by atoms with E-state index in [-0.39, 0.29) is 24.4 Å². The van der Waals surface area contributed by atoms with Gasteiger partial charge in [-0.25, -0.2) is 8.42 Å². The molecule has 0 spiro atoms. The Morgan fingerprint density at radius 3 is 2.75 bits per heavy atom. The van der Waals surface area contributed by atoms with Gasteiger partial charge in [0.1, 0.15) is 0 Å². The van der Waals surface area contributed by atoms with Crippen LogP contribution in [0.5, 0.6) is 0 Å². The van der Waals surface area contributed by atoms with E-state index in [1.807, 2.05) is 39.8 Å². The van der Waals surface area contributed by atoms with E-state index < -0.39 is 10.0 Å². The number of carbonyl (C=O) groups is 1. The lowest BCUT2D eigenvalue weighted by molar-refractivity contribution is -0.126. The minimum Gasteiger partial charge on any atom is -0.353 e. The average Bonchev–Trinajstić information content (AvgIpc) is 2.56. The molecule has 1 aliphatic rings. The zero-order valence-electron chi connectivity index (χ0n) is 15.0. The molecule has 0 saturated carbocycles. The molecule has 2 atom stereocenters. The summed E-state index contributed by atoms with van der Waals surface area (Å²) in [5.74, 6) is -0.308. The Kier molecular flexibility index (Phi) is 6.04. The molecular formula is C18H28N2O3S. The third-order valence-electron chi connectivity index (χ3n) is 4.72. The highest BCUT2D eigenvalue weighted by molar-refractivity contribution is 7.89. The third kappa shape index (κ3) is 4.16. The van der Waals surface area contributed by atoms with Crippen LogP contribution in [-0.2, 0) is 14.8 Å². The van der Waals surface area contributed by atoms with Crippen molar-refractivity contribution in [3.05, 3.63) is 29.3 Å². The van der Waals surface area contributed by atoms with Crippen LogP contribution in [0.15, 0.2) is 23.1 Å². The zero-order valence-corrected chi connectivity index (χ0v) is 15.8. The van der Waals surface area contributed by atoms with E-state index in [2.05, 4.69) is 5.32 Å². The number of sulfonamides is 1. The molecule has 2 rings (SSSR count). The van der Waals surface area contributed by atoms with Gasteiger partial charge in [0, 0.05) is 19.1 Å². The number of nitrogens with one attached hydrogen (secondary N) is 1. The van der Waals surface area contributed by atoms with Crippen LogP contribution >= 0.6 is 0 Å². The molecule has 1 amide bonds. The molecule has 0 aromatic heterocycles. The molecule has 0 aliphatic carbocycles. The first kappa shape index (κ1) is 18.9. The Bertz CT molecular complexity index is 700. The molecule has 1 heterocycles. The van der Waals surface area contributed by atoms with Gasteiger partial charge in [-0.2, -0.15) is 4.31 Å². The van der Waals surface area contributed by atoms with Crippen LogP contribution in [0.3, 0.4) is 0 Å². The second-order valence-corrected chi connectivity index (χ2v) is 8.70. The standard InChI is InChI=1S/C18H28N2O3S/c1-5-15(4)19-18(21)16-7-6-10-20(12-16)24(22,23)17-11-13(2)8-9-14(17)3/h8-9,11,15-16H,5-7,10,12H2,1-4H3,(H,19,21)/t15-,16+/m0/s1. The third-order valence-corrected chi connectivity index (χ3v) is 6.72. The van der Waals surface area contributed by atoms with Crippen molar-refractivity contribution < 1.29 is 13.2 Å². The Labute approximate surface area is 145 Å². The number of nitrogens with zero attached hydrogens (tertiary/aromatic N) is 1. The summed E-state index contributed by atoms with van der Waals surface area (Å²) >= 11 is 0. The molecular weight excluding hydrogens is 324 g/mol. The zero-order chi connectivity index (χ0) is 17.9. The molecule has 1 N–H and O–H groups in total. The molecule has 24 heavy (non-hydrogen) atoms. The molecule has 1 saturated heterocycles. The Morgan fingerprint density at radius 1 is 1.38 bits per heavy atom. The molecule has 1 aromatic carbocycles. The van der Waals surface area contributed by atoms with E-state index >= 15 is 0 Å². The summed E-state index contributed by atoms with van der Waals surface area (Å²) in [6, 6.07) is 5.57. The smallest absolute Gasteiger partial charge is 0.243 e. The number of piperidine rings is 1. The number of rotatable bonds is 5. The molecule has 134 valence electrons. The topological polar surface area (TPSA) is 66.5 Å². The van der Waals surface area contributed by atoms with E-state index in [0.29, 0.717) is 17.9 Å². The SMILES string of the molecule is CC[C@H](C)NC(=O)[C@@H]1CCCN(S(=O)(=O)c2cc(C)ccc2C)C1. The Morgan fingerprint density at radius 2 is 2.08 bits per heavy atom. The van der Waals surface area contributed by atoms with Crippen LogP contribution in [0, 0.1) is 19.8 Å². The Balaban J connectivity index is 2.19. The largest absolute Gasteiger partial charge is 0.353 e. The maximum absolute atomic E-state index is 13.0. The summed E-state index contributed by atoms with van der Waals surface area (Å²) in [5, 5.41) is 2.97. The highest BCUT2D eigenvalue weighted by Crippen LogP contribution is 2.26. The van der Waals surface area contributed by atoms with Crippen LogP contribution in [-0.4, -0.2) is 37.8 Å². The summed E-state index contributed by atoms with van der Waals surface area (Å²) in [5.41, 5.74) is 1.66. The monoisotopic (exact) mass is 352 g/mol. The molecule has 1 aliphatic heterocycles. The fourth-order valence-corrected chi connectivity index (χ4v) is 4.80. The van der Waals surface area contributed by atoms with Crippen molar-refractivity contribution in [3.8, 4) is 0 Å². The van der Waals surface area contributed by atoms with Gasteiger partial charge in [0.2, 0.25) is 15.9 Å². The van der Waals surface area contributed by atoms with Crippen molar-refractivity contribution in [2.24, 2.45) is 5.92 Å². The lowest BCUT2D eigenvalue weighted by Crippen LogP contribution is -2.47. The summed E-state index contributed by atoms with van der Waals surface area (Å²) in [4.78, 5) is 12.7. The van der Waals surface area contributed by atoms with Gasteiger partial charge in [-0.3, -0.25) is 4.79 Å². The fraction of sp³-hybridized carbons (Fsp3) is 0.611. The van der Waals surface area contributed by atoms with Crippen LogP contribution < -0.4 is 5.32 Å². The number of benzene rings is 1. The normalized spacial score (nSPS) is 20.6. The van der Waals surface area contributed by atoms with E-state index in [4.69, 9.17) is 0 Å². The van der Waals surface area contributed by atoms with Crippen LogP contribution in [0.1, 0.15) is 44.2 Å². The summed E-state index contributed by atoms with van der Waals surface area (Å²) < 4.78 is 27.5. The van der Waals surface area contributed by atoms with Crippen molar-refractivity contribution in [1.82, 2.24) is 9.62 Å². The fourth-order valence-electron chi connectivity index (χ4n) is 2.96. The summed E-state index contributed by atoms with van der Waals surface area (Å²) in [6.07, 6.45) is 2.31. The van der Waals surface area contributed by atoms with Crippen molar-refractivity contribution in [2.45, 2.75) is 57.9 Å². The van der Waals surface area contributed by atoms with Gasteiger partial charge in [0.25, 0.3) is 0 Å².